The van der Waals surface area contributed by atoms with Gasteiger partial charge in [-0.15, -0.1) is 0 Å². The number of amides is 3. The zero-order valence-electron chi connectivity index (χ0n) is 30.2. The van der Waals surface area contributed by atoms with Crippen molar-refractivity contribution in [2.75, 3.05) is 6.54 Å². The number of sulfonamides is 1. The lowest BCUT2D eigenvalue weighted by Gasteiger charge is -2.29. The topological polar surface area (TPSA) is 130 Å². The van der Waals surface area contributed by atoms with E-state index >= 15 is 0 Å². The first kappa shape index (κ1) is 37.2. The molecule has 0 spiro atoms. The maximum atomic E-state index is 14.6. The van der Waals surface area contributed by atoms with Gasteiger partial charge in [-0.3, -0.25) is 24.0 Å². The van der Waals surface area contributed by atoms with Crippen LogP contribution in [0.15, 0.2) is 48.6 Å². The average molecular weight is 752 g/mol. The van der Waals surface area contributed by atoms with Crippen LogP contribution in [0.3, 0.4) is 0 Å². The molecule has 10 nitrogen and oxygen atoms in total. The first-order chi connectivity index (χ1) is 25.2. The molecule has 5 atom stereocenters. The summed E-state index contributed by atoms with van der Waals surface area (Å²) < 4.78 is 62.4. The molecular weight excluding hydrogens is 705 g/mol. The first-order valence-corrected chi connectivity index (χ1v) is 20.2. The number of fused-ring (bicyclic) bond motifs is 3. The fraction of sp³-hybridized carbons (Fsp3) is 0.550. The molecule has 3 amide bonds. The smallest absolute Gasteiger partial charge is 0.410 e. The van der Waals surface area contributed by atoms with Gasteiger partial charge < -0.3 is 9.64 Å². The molecule has 0 bridgehead atoms. The number of aryl methyl sites for hydroxylation is 1. The molecule has 1 N–H and O–H groups in total. The van der Waals surface area contributed by atoms with Crippen LogP contribution in [0.4, 0.5) is 13.6 Å². The van der Waals surface area contributed by atoms with Gasteiger partial charge >= 0.3 is 6.09 Å². The van der Waals surface area contributed by atoms with Gasteiger partial charge in [0.2, 0.25) is 21.8 Å². The second kappa shape index (κ2) is 14.3. The molecule has 53 heavy (non-hydrogen) atoms. The second-order valence-corrected chi connectivity index (χ2v) is 18.3. The SMILES string of the molecule is Cc1cc(F)cc(C[C@H]2CCCCC/C=C\[C@H]3C[C@@]3(C(=O)NS(=O)(=O)C3(C)CC3)CC(=O)[C@@H]3C[C@@H](OC(=O)N4Cc5cccc(F)c5C4)CN3C2=O)c1. The number of hydrogen-bond donors (Lipinski definition) is 1. The third-order valence-corrected chi connectivity index (χ3v) is 14.2. The Hall–Kier alpha value is -4.13. The van der Waals surface area contributed by atoms with Crippen LogP contribution >= 0.6 is 0 Å². The summed E-state index contributed by atoms with van der Waals surface area (Å²) in [6, 6.07) is 8.31. The maximum Gasteiger partial charge on any atom is 0.410 e. The number of allylic oxidation sites excluding steroid dienone is 2. The van der Waals surface area contributed by atoms with Gasteiger partial charge in [-0.05, 0) is 99.6 Å². The summed E-state index contributed by atoms with van der Waals surface area (Å²) in [5, 5.41) is 0. The van der Waals surface area contributed by atoms with E-state index in [1.807, 2.05) is 18.2 Å². The third kappa shape index (κ3) is 7.63. The van der Waals surface area contributed by atoms with Crippen LogP contribution in [-0.2, 0) is 48.7 Å². The van der Waals surface area contributed by atoms with Crippen molar-refractivity contribution in [1.82, 2.24) is 14.5 Å². The molecule has 3 heterocycles. The lowest BCUT2D eigenvalue weighted by atomic mass is 9.89. The van der Waals surface area contributed by atoms with E-state index in [1.54, 1.807) is 26.0 Å². The molecule has 0 aromatic heterocycles. The van der Waals surface area contributed by atoms with E-state index in [4.69, 9.17) is 4.74 Å². The molecule has 284 valence electrons. The van der Waals surface area contributed by atoms with Gasteiger partial charge in [0.25, 0.3) is 0 Å². The van der Waals surface area contributed by atoms with E-state index in [2.05, 4.69) is 4.72 Å². The van der Waals surface area contributed by atoms with Crippen molar-refractivity contribution in [1.29, 1.82) is 0 Å². The van der Waals surface area contributed by atoms with E-state index in [0.29, 0.717) is 42.4 Å². The Morgan fingerprint density at radius 1 is 1.06 bits per heavy atom. The molecule has 0 radical (unpaired) electrons. The normalized spacial score (nSPS) is 28.9. The Morgan fingerprint density at radius 2 is 1.85 bits per heavy atom. The number of hydrogen-bond acceptors (Lipinski definition) is 7. The van der Waals surface area contributed by atoms with Crippen molar-refractivity contribution in [3.05, 3.63) is 82.4 Å². The number of ketones is 1. The van der Waals surface area contributed by atoms with Gasteiger partial charge in [0.05, 0.1) is 29.3 Å². The summed E-state index contributed by atoms with van der Waals surface area (Å²) in [4.78, 5) is 59.1. The zero-order valence-corrected chi connectivity index (χ0v) is 31.1. The highest BCUT2D eigenvalue weighted by Gasteiger charge is 2.62. The molecular formula is C40H47F2N3O7S. The molecule has 2 aliphatic carbocycles. The van der Waals surface area contributed by atoms with Crippen molar-refractivity contribution in [3.63, 3.8) is 0 Å². The van der Waals surface area contributed by atoms with Gasteiger partial charge in [-0.25, -0.2) is 22.0 Å². The molecule has 0 unspecified atom stereocenters. The summed E-state index contributed by atoms with van der Waals surface area (Å²) in [6.07, 6.45) is 7.09. The summed E-state index contributed by atoms with van der Waals surface area (Å²) in [7, 11) is -3.96. The lowest BCUT2D eigenvalue weighted by Crippen LogP contribution is -2.47. The number of Topliss-reactive ketones (excluding diaryl/α,β-unsaturated/α-hetero) is 1. The fourth-order valence-corrected chi connectivity index (χ4v) is 9.69. The Bertz CT molecular complexity index is 1940. The number of nitrogens with one attached hydrogen (secondary N) is 1. The molecule has 3 fully saturated rings. The number of halogens is 2. The van der Waals surface area contributed by atoms with Crippen molar-refractivity contribution in [2.45, 2.75) is 114 Å². The minimum Gasteiger partial charge on any atom is -0.444 e. The van der Waals surface area contributed by atoms with Gasteiger partial charge in [-0.1, -0.05) is 43.2 Å². The molecule has 2 aromatic rings. The highest BCUT2D eigenvalue weighted by atomic mass is 32.2. The van der Waals surface area contributed by atoms with Crippen LogP contribution in [0.2, 0.25) is 0 Å². The van der Waals surface area contributed by atoms with E-state index in [0.717, 1.165) is 31.2 Å². The molecule has 13 heteroatoms. The predicted molar refractivity (Wildman–Crippen MR) is 191 cm³/mol. The predicted octanol–water partition coefficient (Wildman–Crippen LogP) is 6.04. The van der Waals surface area contributed by atoms with E-state index in [1.165, 1.54) is 28.0 Å². The maximum absolute atomic E-state index is 14.6. The molecule has 7 rings (SSSR count). The van der Waals surface area contributed by atoms with Crippen LogP contribution in [0.1, 0.15) is 93.4 Å². The van der Waals surface area contributed by atoms with Gasteiger partial charge in [0.15, 0.2) is 5.78 Å². The fourth-order valence-electron chi connectivity index (χ4n) is 8.36. The Balaban J connectivity index is 1.16. The highest BCUT2D eigenvalue weighted by Crippen LogP contribution is 2.57. The lowest BCUT2D eigenvalue weighted by molar-refractivity contribution is -0.142. The first-order valence-electron chi connectivity index (χ1n) is 18.7. The average Bonchev–Trinajstić information content (AvgIpc) is 3.88. The highest BCUT2D eigenvalue weighted by molar-refractivity contribution is 7.91. The minimum atomic E-state index is -3.96. The zero-order chi connectivity index (χ0) is 37.7. The quantitative estimate of drug-likeness (QED) is 0.357. The van der Waals surface area contributed by atoms with Crippen molar-refractivity contribution < 1.29 is 41.1 Å². The van der Waals surface area contributed by atoms with Crippen LogP contribution in [-0.4, -0.2) is 65.3 Å². The standard InChI is InChI=1S/C40H47F2N3O7S/c1-25-15-26(18-30(41)16-25)17-27-9-6-4-3-5-7-11-29-20-40(29,37(48)43-53(50,51)39(2)13-14-39)21-35(46)34-19-31(23-45(34)36(27)47)52-38(49)44-22-28-10-8-12-33(42)32(28)24-44/h7-8,10-12,15-16,18,27,29,31,34H,3-6,9,13-14,17,19-24H2,1-2H3,(H,43,48)/b11-7-/t27-,29+,31-,34+,40-/m1/s1. The minimum absolute atomic E-state index is 0.00810. The Kier molecular flexibility index (Phi) is 10.0. The number of nitrogens with zero attached hydrogens (tertiary/aromatic N) is 2. The second-order valence-electron chi connectivity index (χ2n) is 16.1. The van der Waals surface area contributed by atoms with Crippen LogP contribution in [0, 0.1) is 35.8 Å². The van der Waals surface area contributed by atoms with Crippen LogP contribution in [0.25, 0.3) is 0 Å². The Morgan fingerprint density at radius 3 is 2.58 bits per heavy atom. The number of benzene rings is 2. The number of carbonyl (C=O) groups is 4. The molecule has 2 saturated carbocycles. The van der Waals surface area contributed by atoms with E-state index in [-0.39, 0.29) is 50.7 Å². The molecule has 2 aromatic carbocycles. The van der Waals surface area contributed by atoms with Crippen molar-refractivity contribution >= 4 is 33.7 Å². The number of carbonyl (C=O) groups excluding carboxylic acids is 4. The summed E-state index contributed by atoms with van der Waals surface area (Å²) in [5.41, 5.74) is 1.19. The van der Waals surface area contributed by atoms with Gasteiger partial charge in [-0.2, -0.15) is 0 Å². The van der Waals surface area contributed by atoms with E-state index in [9.17, 15) is 36.4 Å². The van der Waals surface area contributed by atoms with Gasteiger partial charge in [0, 0.05) is 30.9 Å². The number of ether oxygens (including phenoxy) is 1. The molecule has 3 aliphatic heterocycles. The van der Waals surface area contributed by atoms with Crippen LogP contribution < -0.4 is 4.72 Å². The van der Waals surface area contributed by atoms with Crippen molar-refractivity contribution in [3.8, 4) is 0 Å². The third-order valence-electron chi connectivity index (χ3n) is 12.0. The molecule has 5 aliphatic rings. The summed E-state index contributed by atoms with van der Waals surface area (Å²) in [6.45, 7) is 3.50. The number of rotatable bonds is 6. The largest absolute Gasteiger partial charge is 0.444 e. The van der Waals surface area contributed by atoms with Gasteiger partial charge in [0.1, 0.15) is 17.7 Å². The summed E-state index contributed by atoms with van der Waals surface area (Å²) >= 11 is 0. The summed E-state index contributed by atoms with van der Waals surface area (Å²) in [5.74, 6) is -3.19. The van der Waals surface area contributed by atoms with Crippen LogP contribution in [0.5, 0.6) is 0 Å². The Labute approximate surface area is 309 Å². The van der Waals surface area contributed by atoms with E-state index < -0.39 is 67.7 Å². The van der Waals surface area contributed by atoms with Crippen molar-refractivity contribution in [2.24, 2.45) is 17.3 Å². The molecule has 1 saturated heterocycles. The monoisotopic (exact) mass is 751 g/mol.